The lowest BCUT2D eigenvalue weighted by Crippen LogP contribution is -2.57. The number of carboxylic acids is 1. The lowest BCUT2D eigenvalue weighted by Gasteiger charge is -2.27. The fourth-order valence-electron chi connectivity index (χ4n) is 2.10. The molecular weight excluding hydrogens is 236 g/mol. The standard InChI is InChI=1S/C12H22N2O4/c1-8(2)5-9(6-13)10(15)14-12(11(16)17)3-4-18-7-12/h8-9H,3-7,13H2,1-2H3,(H,14,15)(H,16,17). The summed E-state index contributed by atoms with van der Waals surface area (Å²) in [6.07, 6.45) is 0.950. The third-order valence-corrected chi connectivity index (χ3v) is 3.20. The molecule has 0 saturated carbocycles. The van der Waals surface area contributed by atoms with Crippen molar-refractivity contribution in [3.05, 3.63) is 0 Å². The van der Waals surface area contributed by atoms with Crippen molar-refractivity contribution in [2.24, 2.45) is 17.6 Å². The van der Waals surface area contributed by atoms with Crippen LogP contribution in [0.25, 0.3) is 0 Å². The van der Waals surface area contributed by atoms with E-state index in [9.17, 15) is 14.7 Å². The lowest BCUT2D eigenvalue weighted by molar-refractivity contribution is -0.148. The normalized spacial score (nSPS) is 25.1. The number of hydrogen-bond acceptors (Lipinski definition) is 4. The highest BCUT2D eigenvalue weighted by atomic mass is 16.5. The second kappa shape index (κ2) is 6.15. The van der Waals surface area contributed by atoms with Gasteiger partial charge in [-0.05, 0) is 12.3 Å². The predicted molar refractivity (Wildman–Crippen MR) is 65.9 cm³/mol. The zero-order valence-electron chi connectivity index (χ0n) is 10.9. The molecule has 1 heterocycles. The number of nitrogens with one attached hydrogen (secondary N) is 1. The molecule has 1 aliphatic rings. The van der Waals surface area contributed by atoms with Gasteiger partial charge >= 0.3 is 5.97 Å². The van der Waals surface area contributed by atoms with Crippen molar-refractivity contribution >= 4 is 11.9 Å². The van der Waals surface area contributed by atoms with E-state index in [0.29, 0.717) is 25.4 Å². The maximum absolute atomic E-state index is 12.1. The van der Waals surface area contributed by atoms with Crippen LogP contribution in [0.4, 0.5) is 0 Å². The van der Waals surface area contributed by atoms with E-state index >= 15 is 0 Å². The Morgan fingerprint density at radius 1 is 1.50 bits per heavy atom. The Balaban J connectivity index is 2.68. The van der Waals surface area contributed by atoms with Crippen molar-refractivity contribution in [3.63, 3.8) is 0 Å². The summed E-state index contributed by atoms with van der Waals surface area (Å²) in [5.41, 5.74) is 4.30. The van der Waals surface area contributed by atoms with E-state index in [1.165, 1.54) is 0 Å². The van der Waals surface area contributed by atoms with Gasteiger partial charge in [0.05, 0.1) is 12.5 Å². The molecular formula is C12H22N2O4. The monoisotopic (exact) mass is 258 g/mol. The molecule has 1 fully saturated rings. The summed E-state index contributed by atoms with van der Waals surface area (Å²) in [6, 6.07) is 0. The minimum absolute atomic E-state index is 0.0209. The molecule has 2 atom stereocenters. The van der Waals surface area contributed by atoms with Crippen molar-refractivity contribution < 1.29 is 19.4 Å². The second-order valence-corrected chi connectivity index (χ2v) is 5.24. The van der Waals surface area contributed by atoms with Crippen LogP contribution in [0.15, 0.2) is 0 Å². The first-order chi connectivity index (χ1) is 8.41. The molecule has 18 heavy (non-hydrogen) atoms. The average molecular weight is 258 g/mol. The van der Waals surface area contributed by atoms with Gasteiger partial charge < -0.3 is 20.9 Å². The number of ether oxygens (including phenoxy) is 1. The lowest BCUT2D eigenvalue weighted by atomic mass is 9.93. The number of carbonyl (C=O) groups excluding carboxylic acids is 1. The number of rotatable bonds is 6. The van der Waals surface area contributed by atoms with Gasteiger partial charge in [0.25, 0.3) is 0 Å². The van der Waals surface area contributed by atoms with E-state index in [1.54, 1.807) is 0 Å². The number of nitrogens with two attached hydrogens (primary N) is 1. The van der Waals surface area contributed by atoms with Crippen LogP contribution < -0.4 is 11.1 Å². The van der Waals surface area contributed by atoms with Crippen LogP contribution in [0.2, 0.25) is 0 Å². The van der Waals surface area contributed by atoms with Crippen LogP contribution in [0.1, 0.15) is 26.7 Å². The zero-order chi connectivity index (χ0) is 13.8. The Hall–Kier alpha value is -1.14. The number of hydrogen-bond donors (Lipinski definition) is 3. The van der Waals surface area contributed by atoms with Crippen molar-refractivity contribution in [2.45, 2.75) is 32.2 Å². The Bertz CT molecular complexity index is 311. The van der Waals surface area contributed by atoms with E-state index in [1.807, 2.05) is 13.8 Å². The van der Waals surface area contributed by atoms with Gasteiger partial charge in [-0.2, -0.15) is 0 Å². The highest BCUT2D eigenvalue weighted by molar-refractivity contribution is 5.88. The van der Waals surface area contributed by atoms with Crippen molar-refractivity contribution in [2.75, 3.05) is 19.8 Å². The molecule has 6 heteroatoms. The summed E-state index contributed by atoms with van der Waals surface area (Å²) in [4.78, 5) is 23.3. The predicted octanol–water partition coefficient (Wildman–Crippen LogP) is -0.0327. The second-order valence-electron chi connectivity index (χ2n) is 5.24. The molecule has 1 saturated heterocycles. The minimum atomic E-state index is -1.28. The smallest absolute Gasteiger partial charge is 0.331 e. The van der Waals surface area contributed by atoms with Gasteiger partial charge in [0.15, 0.2) is 5.54 Å². The van der Waals surface area contributed by atoms with Gasteiger partial charge in [-0.15, -0.1) is 0 Å². The Kier molecular flexibility index (Phi) is 5.10. The number of carboxylic acid groups (broad SMARTS) is 1. The van der Waals surface area contributed by atoms with Gasteiger partial charge in [0.2, 0.25) is 5.91 Å². The van der Waals surface area contributed by atoms with Crippen LogP contribution in [0, 0.1) is 11.8 Å². The molecule has 0 aromatic heterocycles. The van der Waals surface area contributed by atoms with E-state index in [2.05, 4.69) is 5.32 Å². The van der Waals surface area contributed by atoms with Crippen LogP contribution >= 0.6 is 0 Å². The number of amides is 1. The molecule has 1 aliphatic heterocycles. The third kappa shape index (κ3) is 3.43. The number of carbonyl (C=O) groups is 2. The van der Waals surface area contributed by atoms with Crippen molar-refractivity contribution in [3.8, 4) is 0 Å². The average Bonchev–Trinajstić information content (AvgIpc) is 2.75. The molecule has 0 bridgehead atoms. The first-order valence-corrected chi connectivity index (χ1v) is 6.24. The fraction of sp³-hybridized carbons (Fsp3) is 0.833. The van der Waals surface area contributed by atoms with Gasteiger partial charge in [0, 0.05) is 19.6 Å². The topological polar surface area (TPSA) is 102 Å². The SMILES string of the molecule is CC(C)CC(CN)C(=O)NC1(C(=O)O)CCOC1. The van der Waals surface area contributed by atoms with Crippen LogP contribution in [0.5, 0.6) is 0 Å². The van der Waals surface area contributed by atoms with Crippen molar-refractivity contribution in [1.82, 2.24) is 5.32 Å². The van der Waals surface area contributed by atoms with Gasteiger partial charge in [0.1, 0.15) is 0 Å². The summed E-state index contributed by atoms with van der Waals surface area (Å²) >= 11 is 0. The molecule has 0 aromatic rings. The zero-order valence-corrected chi connectivity index (χ0v) is 10.9. The highest BCUT2D eigenvalue weighted by Crippen LogP contribution is 2.20. The van der Waals surface area contributed by atoms with E-state index < -0.39 is 11.5 Å². The van der Waals surface area contributed by atoms with Crippen molar-refractivity contribution in [1.29, 1.82) is 0 Å². The molecule has 4 N–H and O–H groups in total. The minimum Gasteiger partial charge on any atom is -0.479 e. The largest absolute Gasteiger partial charge is 0.479 e. The van der Waals surface area contributed by atoms with E-state index in [-0.39, 0.29) is 25.0 Å². The summed E-state index contributed by atoms with van der Waals surface area (Å²) in [6.45, 7) is 4.60. The van der Waals surface area contributed by atoms with Gasteiger partial charge in [-0.1, -0.05) is 13.8 Å². The summed E-state index contributed by atoms with van der Waals surface area (Å²) < 4.78 is 5.09. The molecule has 0 aromatic carbocycles. The maximum Gasteiger partial charge on any atom is 0.331 e. The first-order valence-electron chi connectivity index (χ1n) is 6.24. The maximum atomic E-state index is 12.1. The van der Waals surface area contributed by atoms with Gasteiger partial charge in [-0.3, -0.25) is 4.79 Å². The van der Waals surface area contributed by atoms with E-state index in [4.69, 9.17) is 10.5 Å². The molecule has 1 rings (SSSR count). The molecule has 0 aliphatic carbocycles. The summed E-state index contributed by atoms with van der Waals surface area (Å²) in [7, 11) is 0. The summed E-state index contributed by atoms with van der Waals surface area (Å²) in [5, 5.41) is 11.8. The summed E-state index contributed by atoms with van der Waals surface area (Å²) in [5.74, 6) is -1.35. The first kappa shape index (κ1) is 14.9. The fourth-order valence-corrected chi connectivity index (χ4v) is 2.10. The Labute approximate surface area is 107 Å². The molecule has 0 radical (unpaired) electrons. The van der Waals surface area contributed by atoms with Crippen LogP contribution in [-0.2, 0) is 14.3 Å². The molecule has 6 nitrogen and oxygen atoms in total. The molecule has 2 unspecified atom stereocenters. The molecule has 1 amide bonds. The highest BCUT2D eigenvalue weighted by Gasteiger charge is 2.44. The van der Waals surface area contributed by atoms with Crippen LogP contribution in [-0.4, -0.2) is 42.3 Å². The molecule has 104 valence electrons. The van der Waals surface area contributed by atoms with E-state index in [0.717, 1.165) is 0 Å². The Morgan fingerprint density at radius 3 is 2.56 bits per heavy atom. The van der Waals surface area contributed by atoms with Gasteiger partial charge in [-0.25, -0.2) is 4.79 Å². The molecule has 0 spiro atoms. The quantitative estimate of drug-likeness (QED) is 0.621. The third-order valence-electron chi connectivity index (χ3n) is 3.20. The number of aliphatic carboxylic acids is 1. The Morgan fingerprint density at radius 2 is 2.17 bits per heavy atom. The van der Waals surface area contributed by atoms with Crippen LogP contribution in [0.3, 0.4) is 0 Å².